The molecule has 0 aromatic heterocycles. The van der Waals surface area contributed by atoms with Gasteiger partial charge in [-0.1, -0.05) is 17.7 Å². The summed E-state index contributed by atoms with van der Waals surface area (Å²) in [4.78, 5) is 29.2. The van der Waals surface area contributed by atoms with Gasteiger partial charge in [0.2, 0.25) is 0 Å². The summed E-state index contributed by atoms with van der Waals surface area (Å²) in [6.45, 7) is 5.27. The average molecular weight is 419 g/mol. The standard InChI is InChI=1S/C25H30N4O2/c1-17-4-9-21-22(14-17)23(25(31)27-24(21)30)15-26-19-5-7-20(8-6-19)29-12-10-18(11-13-29)16-28(2)3/h4-9,14-15,18,26H,10-13,16H2,1-3H3,(H,27,30,31)/b23-15-. The number of carbonyl (C=O) groups is 2. The number of anilines is 2. The molecular weight excluding hydrogens is 388 g/mol. The third-order valence-corrected chi connectivity index (χ3v) is 6.04. The van der Waals surface area contributed by atoms with Crippen LogP contribution in [0.2, 0.25) is 0 Å². The number of imide groups is 1. The lowest BCUT2D eigenvalue weighted by Crippen LogP contribution is -2.37. The maximum Gasteiger partial charge on any atom is 0.260 e. The van der Waals surface area contributed by atoms with Crippen molar-refractivity contribution in [3.05, 3.63) is 65.4 Å². The molecule has 2 aliphatic heterocycles. The smallest absolute Gasteiger partial charge is 0.260 e. The van der Waals surface area contributed by atoms with Gasteiger partial charge < -0.3 is 15.1 Å². The summed E-state index contributed by atoms with van der Waals surface area (Å²) in [6.07, 6.45) is 4.12. The van der Waals surface area contributed by atoms with Gasteiger partial charge >= 0.3 is 0 Å². The molecule has 31 heavy (non-hydrogen) atoms. The summed E-state index contributed by atoms with van der Waals surface area (Å²) in [7, 11) is 4.28. The summed E-state index contributed by atoms with van der Waals surface area (Å²) >= 11 is 0. The Morgan fingerprint density at radius 3 is 2.42 bits per heavy atom. The molecule has 6 heteroatoms. The van der Waals surface area contributed by atoms with Crippen LogP contribution >= 0.6 is 0 Å². The van der Waals surface area contributed by atoms with Gasteiger partial charge in [-0.05, 0) is 70.1 Å². The van der Waals surface area contributed by atoms with Crippen LogP contribution in [0.3, 0.4) is 0 Å². The molecule has 0 atom stereocenters. The van der Waals surface area contributed by atoms with Gasteiger partial charge in [0.1, 0.15) is 0 Å². The first-order chi connectivity index (χ1) is 14.9. The highest BCUT2D eigenvalue weighted by Crippen LogP contribution is 2.27. The number of benzene rings is 2. The van der Waals surface area contributed by atoms with E-state index >= 15 is 0 Å². The Labute approximate surface area is 183 Å². The zero-order chi connectivity index (χ0) is 22.0. The Morgan fingerprint density at radius 2 is 1.74 bits per heavy atom. The monoisotopic (exact) mass is 418 g/mol. The maximum atomic E-state index is 12.4. The van der Waals surface area contributed by atoms with E-state index in [1.54, 1.807) is 12.3 Å². The summed E-state index contributed by atoms with van der Waals surface area (Å²) in [6, 6.07) is 13.8. The second kappa shape index (κ2) is 8.94. The number of carbonyl (C=O) groups excluding carboxylic acids is 2. The van der Waals surface area contributed by atoms with E-state index < -0.39 is 0 Å². The van der Waals surface area contributed by atoms with Crippen molar-refractivity contribution < 1.29 is 9.59 Å². The van der Waals surface area contributed by atoms with Gasteiger partial charge in [-0.15, -0.1) is 0 Å². The quantitative estimate of drug-likeness (QED) is 0.575. The largest absolute Gasteiger partial charge is 0.372 e. The zero-order valence-electron chi connectivity index (χ0n) is 18.4. The summed E-state index contributed by atoms with van der Waals surface area (Å²) < 4.78 is 0. The number of nitrogens with one attached hydrogen (secondary N) is 2. The number of hydrogen-bond donors (Lipinski definition) is 2. The van der Waals surface area contributed by atoms with Gasteiger partial charge in [0.15, 0.2) is 0 Å². The van der Waals surface area contributed by atoms with E-state index in [4.69, 9.17) is 0 Å². The van der Waals surface area contributed by atoms with Gasteiger partial charge in [0.05, 0.1) is 5.57 Å². The second-order valence-corrected chi connectivity index (χ2v) is 8.77. The number of fused-ring (bicyclic) bond motifs is 1. The number of amides is 2. The van der Waals surface area contributed by atoms with Crippen LogP contribution in [0.5, 0.6) is 0 Å². The second-order valence-electron chi connectivity index (χ2n) is 8.77. The average Bonchev–Trinajstić information content (AvgIpc) is 2.74. The topological polar surface area (TPSA) is 64.7 Å². The Kier molecular flexibility index (Phi) is 6.09. The zero-order valence-corrected chi connectivity index (χ0v) is 18.4. The minimum absolute atomic E-state index is 0.351. The number of aryl methyl sites for hydroxylation is 1. The fourth-order valence-electron chi connectivity index (χ4n) is 4.40. The molecule has 1 saturated heterocycles. The number of hydrogen-bond acceptors (Lipinski definition) is 5. The van der Waals surface area contributed by atoms with Crippen LogP contribution in [0.15, 0.2) is 48.7 Å². The van der Waals surface area contributed by atoms with Crippen molar-refractivity contribution in [1.82, 2.24) is 10.2 Å². The molecule has 1 fully saturated rings. The van der Waals surface area contributed by atoms with Crippen LogP contribution in [0, 0.1) is 12.8 Å². The van der Waals surface area contributed by atoms with Gasteiger partial charge in [-0.3, -0.25) is 14.9 Å². The molecule has 2 amide bonds. The van der Waals surface area contributed by atoms with Gasteiger partial charge in [-0.2, -0.15) is 0 Å². The highest BCUT2D eigenvalue weighted by molar-refractivity contribution is 6.31. The highest BCUT2D eigenvalue weighted by Gasteiger charge is 2.27. The molecular formula is C25H30N4O2. The molecule has 2 N–H and O–H groups in total. The minimum Gasteiger partial charge on any atom is -0.372 e. The van der Waals surface area contributed by atoms with E-state index in [9.17, 15) is 9.59 Å². The van der Waals surface area contributed by atoms with E-state index in [0.29, 0.717) is 16.7 Å². The van der Waals surface area contributed by atoms with Crippen molar-refractivity contribution in [2.45, 2.75) is 19.8 Å². The molecule has 2 aromatic carbocycles. The molecule has 0 aliphatic carbocycles. The Morgan fingerprint density at radius 1 is 1.03 bits per heavy atom. The van der Waals surface area contributed by atoms with Crippen molar-refractivity contribution in [2.75, 3.05) is 43.9 Å². The first-order valence-corrected chi connectivity index (χ1v) is 10.8. The number of piperidine rings is 1. The first-order valence-electron chi connectivity index (χ1n) is 10.8. The van der Waals surface area contributed by atoms with Gasteiger partial charge in [0.25, 0.3) is 11.8 Å². The Bertz CT molecular complexity index is 1000. The highest BCUT2D eigenvalue weighted by atomic mass is 16.2. The van der Waals surface area contributed by atoms with E-state index in [1.807, 2.05) is 31.2 Å². The van der Waals surface area contributed by atoms with Crippen LogP contribution in [-0.4, -0.2) is 50.4 Å². The fraction of sp³-hybridized carbons (Fsp3) is 0.360. The molecule has 2 heterocycles. The number of rotatable bonds is 5. The lowest BCUT2D eigenvalue weighted by molar-refractivity contribution is -0.114. The minimum atomic E-state index is -0.382. The molecule has 0 bridgehead atoms. The van der Waals surface area contributed by atoms with Crippen molar-refractivity contribution >= 4 is 28.8 Å². The van der Waals surface area contributed by atoms with Crippen molar-refractivity contribution in [2.24, 2.45) is 5.92 Å². The summed E-state index contributed by atoms with van der Waals surface area (Å²) in [5.41, 5.74) is 4.78. The molecule has 4 rings (SSSR count). The van der Waals surface area contributed by atoms with Crippen molar-refractivity contribution in [3.63, 3.8) is 0 Å². The van der Waals surface area contributed by atoms with E-state index in [1.165, 1.54) is 18.5 Å². The number of nitrogens with zero attached hydrogens (tertiary/aromatic N) is 2. The van der Waals surface area contributed by atoms with Gasteiger partial charge in [-0.25, -0.2) is 0 Å². The first kappa shape index (κ1) is 21.1. The Hall–Kier alpha value is -3.12. The summed E-state index contributed by atoms with van der Waals surface area (Å²) in [5.74, 6) is 0.0440. The molecule has 2 aromatic rings. The molecule has 162 valence electrons. The lowest BCUT2D eigenvalue weighted by Gasteiger charge is -2.34. The molecule has 0 radical (unpaired) electrons. The van der Waals surface area contributed by atoms with Crippen molar-refractivity contribution in [1.29, 1.82) is 0 Å². The molecule has 0 saturated carbocycles. The molecule has 0 unspecified atom stereocenters. The molecule has 0 spiro atoms. The molecule has 2 aliphatic rings. The van der Waals surface area contributed by atoms with Crippen LogP contribution in [0.25, 0.3) is 5.57 Å². The van der Waals surface area contributed by atoms with E-state index in [0.717, 1.165) is 36.8 Å². The fourth-order valence-corrected chi connectivity index (χ4v) is 4.40. The third kappa shape index (κ3) is 4.80. The normalized spacial score (nSPS) is 18.3. The van der Waals surface area contributed by atoms with Crippen LogP contribution < -0.4 is 15.5 Å². The maximum absolute atomic E-state index is 12.4. The van der Waals surface area contributed by atoms with E-state index in [-0.39, 0.29) is 11.8 Å². The van der Waals surface area contributed by atoms with Gasteiger partial charge in [0, 0.05) is 48.3 Å². The van der Waals surface area contributed by atoms with Crippen LogP contribution in [0.1, 0.15) is 34.3 Å². The Balaban J connectivity index is 1.44. The summed E-state index contributed by atoms with van der Waals surface area (Å²) in [5, 5.41) is 5.63. The SMILES string of the molecule is Cc1ccc2c(c1)/C(=C/Nc1ccc(N3CCC(CN(C)C)CC3)cc1)C(=O)NC2=O. The molecule has 6 nitrogen and oxygen atoms in total. The lowest BCUT2D eigenvalue weighted by atomic mass is 9.94. The van der Waals surface area contributed by atoms with Crippen LogP contribution in [-0.2, 0) is 4.79 Å². The van der Waals surface area contributed by atoms with Crippen LogP contribution in [0.4, 0.5) is 11.4 Å². The predicted octanol–water partition coefficient (Wildman–Crippen LogP) is 3.50. The van der Waals surface area contributed by atoms with Crippen molar-refractivity contribution in [3.8, 4) is 0 Å². The predicted molar refractivity (Wildman–Crippen MR) is 125 cm³/mol. The van der Waals surface area contributed by atoms with E-state index in [2.05, 4.69) is 46.7 Å². The third-order valence-electron chi connectivity index (χ3n) is 6.04.